The number of allylic oxidation sites excluding steroid dienone is 4. The summed E-state index contributed by atoms with van der Waals surface area (Å²) in [5.74, 6) is 0.763. The minimum Gasteiger partial charge on any atom is -0.303 e. The van der Waals surface area contributed by atoms with Gasteiger partial charge in [0.1, 0.15) is 6.29 Å². The molecule has 2 nitrogen and oxygen atoms in total. The molecule has 1 heterocycles. The lowest BCUT2D eigenvalue weighted by Crippen LogP contribution is -2.34. The quantitative estimate of drug-likeness (QED) is 0.490. The third-order valence-electron chi connectivity index (χ3n) is 3.88. The molecule has 0 spiro atoms. The van der Waals surface area contributed by atoms with E-state index in [1.165, 1.54) is 31.5 Å². The fourth-order valence-corrected chi connectivity index (χ4v) is 2.56. The Balaban J connectivity index is 2.25. The van der Waals surface area contributed by atoms with Gasteiger partial charge in [0.05, 0.1) is 0 Å². The predicted molar refractivity (Wildman–Crippen MR) is 82.2 cm³/mol. The van der Waals surface area contributed by atoms with E-state index in [1.54, 1.807) is 0 Å². The highest BCUT2D eigenvalue weighted by Gasteiger charge is 2.18. The van der Waals surface area contributed by atoms with Crippen LogP contribution in [0.5, 0.6) is 0 Å². The van der Waals surface area contributed by atoms with Gasteiger partial charge in [-0.25, -0.2) is 0 Å². The van der Waals surface area contributed by atoms with Crippen LogP contribution in [0.1, 0.15) is 39.0 Å². The Morgan fingerprint density at radius 1 is 1.37 bits per heavy atom. The second-order valence-corrected chi connectivity index (χ2v) is 5.25. The monoisotopic (exact) mass is 261 g/mol. The molecule has 19 heavy (non-hydrogen) atoms. The molecule has 0 radical (unpaired) electrons. The maximum absolute atomic E-state index is 10.4. The third kappa shape index (κ3) is 6.53. The Kier molecular flexibility index (Phi) is 8.15. The van der Waals surface area contributed by atoms with Gasteiger partial charge in [-0.15, -0.1) is 0 Å². The molecule has 0 atom stereocenters. The van der Waals surface area contributed by atoms with Crippen LogP contribution in [0.3, 0.4) is 0 Å². The Bertz CT molecular complexity index is 322. The van der Waals surface area contributed by atoms with Crippen LogP contribution in [-0.4, -0.2) is 30.8 Å². The van der Waals surface area contributed by atoms with E-state index in [0.717, 1.165) is 38.0 Å². The van der Waals surface area contributed by atoms with Crippen molar-refractivity contribution < 1.29 is 4.79 Å². The van der Waals surface area contributed by atoms with Gasteiger partial charge in [-0.1, -0.05) is 30.9 Å². The van der Waals surface area contributed by atoms with Crippen LogP contribution in [0.25, 0.3) is 0 Å². The van der Waals surface area contributed by atoms with E-state index in [-0.39, 0.29) is 0 Å². The number of hydrogen-bond acceptors (Lipinski definition) is 2. The van der Waals surface area contributed by atoms with E-state index in [1.807, 2.05) is 19.1 Å². The van der Waals surface area contributed by atoms with Crippen molar-refractivity contribution in [3.63, 3.8) is 0 Å². The van der Waals surface area contributed by atoms with Crippen molar-refractivity contribution in [3.05, 3.63) is 36.5 Å². The highest BCUT2D eigenvalue weighted by Crippen LogP contribution is 2.21. The molecule has 0 aliphatic carbocycles. The molecule has 1 rings (SSSR count). The lowest BCUT2D eigenvalue weighted by Gasteiger charge is -2.31. The normalized spacial score (nSPS) is 18.9. The van der Waals surface area contributed by atoms with Gasteiger partial charge in [-0.2, -0.15) is 0 Å². The fourth-order valence-electron chi connectivity index (χ4n) is 2.56. The number of carbonyl (C=O) groups excluding carboxylic acids is 1. The molecule has 0 saturated carbocycles. The van der Waals surface area contributed by atoms with E-state index in [9.17, 15) is 4.79 Å². The van der Waals surface area contributed by atoms with Crippen LogP contribution >= 0.6 is 0 Å². The first kappa shape index (κ1) is 15.9. The van der Waals surface area contributed by atoms with Crippen molar-refractivity contribution in [1.82, 2.24) is 4.90 Å². The SMILES string of the molecule is C=C/C(=C\C=C/C)CCN1CCC(CCC=O)CC1. The zero-order chi connectivity index (χ0) is 13.9. The van der Waals surface area contributed by atoms with E-state index in [4.69, 9.17) is 0 Å². The summed E-state index contributed by atoms with van der Waals surface area (Å²) in [4.78, 5) is 12.9. The van der Waals surface area contributed by atoms with Gasteiger partial charge in [-0.05, 0) is 57.2 Å². The molecule has 0 aromatic heterocycles. The molecule has 1 aliphatic rings. The highest BCUT2D eigenvalue weighted by molar-refractivity contribution is 5.49. The van der Waals surface area contributed by atoms with Crippen LogP contribution in [0, 0.1) is 5.92 Å². The standard InChI is InChI=1S/C17H27NO/c1-3-5-7-16(4-2)9-12-18-13-10-17(11-14-18)8-6-15-19/h3-5,7,15,17H,2,6,8-14H2,1H3/b5-3-,16-7+. The molecule has 0 N–H and O–H groups in total. The second kappa shape index (κ2) is 9.74. The smallest absolute Gasteiger partial charge is 0.120 e. The number of nitrogens with zero attached hydrogens (tertiary/aromatic N) is 1. The van der Waals surface area contributed by atoms with Crippen molar-refractivity contribution >= 4 is 6.29 Å². The maximum atomic E-state index is 10.4. The van der Waals surface area contributed by atoms with Crippen molar-refractivity contribution in [2.75, 3.05) is 19.6 Å². The summed E-state index contributed by atoms with van der Waals surface area (Å²) < 4.78 is 0. The summed E-state index contributed by atoms with van der Waals surface area (Å²) in [5.41, 5.74) is 1.31. The first-order chi connectivity index (χ1) is 9.30. The van der Waals surface area contributed by atoms with Gasteiger partial charge in [0.15, 0.2) is 0 Å². The Morgan fingerprint density at radius 2 is 2.11 bits per heavy atom. The molecule has 0 aromatic carbocycles. The molecular formula is C17H27NO. The Hall–Kier alpha value is -1.15. The van der Waals surface area contributed by atoms with Crippen LogP contribution in [0.2, 0.25) is 0 Å². The number of likely N-dealkylation sites (tertiary alicyclic amines) is 1. The van der Waals surface area contributed by atoms with E-state index in [0.29, 0.717) is 0 Å². The van der Waals surface area contributed by atoms with Crippen LogP contribution < -0.4 is 0 Å². The average molecular weight is 261 g/mol. The summed E-state index contributed by atoms with van der Waals surface area (Å²) in [6, 6.07) is 0. The summed E-state index contributed by atoms with van der Waals surface area (Å²) in [6.07, 6.45) is 14.6. The fraction of sp³-hybridized carbons (Fsp3) is 0.588. The maximum Gasteiger partial charge on any atom is 0.120 e. The molecule has 0 amide bonds. The molecule has 0 unspecified atom stereocenters. The van der Waals surface area contributed by atoms with Gasteiger partial charge in [0.2, 0.25) is 0 Å². The molecular weight excluding hydrogens is 234 g/mol. The average Bonchev–Trinajstić information content (AvgIpc) is 2.46. The van der Waals surface area contributed by atoms with E-state index >= 15 is 0 Å². The molecule has 1 saturated heterocycles. The van der Waals surface area contributed by atoms with Gasteiger partial charge in [0, 0.05) is 13.0 Å². The highest BCUT2D eigenvalue weighted by atomic mass is 16.1. The largest absolute Gasteiger partial charge is 0.303 e. The zero-order valence-electron chi connectivity index (χ0n) is 12.2. The molecule has 0 bridgehead atoms. The number of piperidine rings is 1. The van der Waals surface area contributed by atoms with Crippen molar-refractivity contribution in [2.24, 2.45) is 5.92 Å². The predicted octanol–water partition coefficient (Wildman–Crippen LogP) is 3.76. The van der Waals surface area contributed by atoms with Crippen LogP contribution in [0.4, 0.5) is 0 Å². The summed E-state index contributed by atoms with van der Waals surface area (Å²) in [6.45, 7) is 9.38. The lowest BCUT2D eigenvalue weighted by atomic mass is 9.92. The van der Waals surface area contributed by atoms with Gasteiger partial charge < -0.3 is 9.69 Å². The van der Waals surface area contributed by atoms with Crippen molar-refractivity contribution in [3.8, 4) is 0 Å². The summed E-state index contributed by atoms with van der Waals surface area (Å²) in [7, 11) is 0. The van der Waals surface area contributed by atoms with Gasteiger partial charge in [0.25, 0.3) is 0 Å². The second-order valence-electron chi connectivity index (χ2n) is 5.25. The summed E-state index contributed by atoms with van der Waals surface area (Å²) in [5, 5.41) is 0. The topological polar surface area (TPSA) is 20.3 Å². The molecule has 1 fully saturated rings. The molecule has 2 heteroatoms. The van der Waals surface area contributed by atoms with Gasteiger partial charge >= 0.3 is 0 Å². The number of hydrogen-bond donors (Lipinski definition) is 0. The number of rotatable bonds is 8. The van der Waals surface area contributed by atoms with Crippen molar-refractivity contribution in [2.45, 2.75) is 39.0 Å². The van der Waals surface area contributed by atoms with Gasteiger partial charge in [-0.3, -0.25) is 0 Å². The minimum atomic E-state index is 0.734. The number of carbonyl (C=O) groups is 1. The zero-order valence-corrected chi connectivity index (χ0v) is 12.2. The van der Waals surface area contributed by atoms with Crippen molar-refractivity contribution in [1.29, 1.82) is 0 Å². The number of aldehydes is 1. The van der Waals surface area contributed by atoms with Crippen LogP contribution in [-0.2, 0) is 4.79 Å². The van der Waals surface area contributed by atoms with E-state index in [2.05, 4.69) is 23.6 Å². The van der Waals surface area contributed by atoms with Crippen LogP contribution in [0.15, 0.2) is 36.5 Å². The third-order valence-corrected chi connectivity index (χ3v) is 3.88. The lowest BCUT2D eigenvalue weighted by molar-refractivity contribution is -0.108. The first-order valence-electron chi connectivity index (χ1n) is 7.40. The van der Waals surface area contributed by atoms with E-state index < -0.39 is 0 Å². The molecule has 1 aliphatic heterocycles. The minimum absolute atomic E-state index is 0.734. The molecule has 106 valence electrons. The Morgan fingerprint density at radius 3 is 2.68 bits per heavy atom. The first-order valence-corrected chi connectivity index (χ1v) is 7.40. The Labute approximate surface area is 117 Å². The molecule has 0 aromatic rings. The summed E-state index contributed by atoms with van der Waals surface area (Å²) >= 11 is 0.